The molecule has 1 heterocycles. The van der Waals surface area contributed by atoms with Crippen LogP contribution in [0.5, 0.6) is 0 Å². The largest absolute Gasteiger partial charge is 0.452 e. The number of hydrogen-bond donors (Lipinski definition) is 1. The number of carbonyl (C=O) groups excluding carboxylic acids is 3. The predicted molar refractivity (Wildman–Crippen MR) is 97.7 cm³/mol. The van der Waals surface area contributed by atoms with E-state index in [1.54, 1.807) is 24.3 Å². The van der Waals surface area contributed by atoms with Gasteiger partial charge in [0.15, 0.2) is 6.10 Å². The number of likely N-dealkylation sites (tertiary alicyclic amines) is 1. The molecule has 1 saturated heterocycles. The molecule has 1 aliphatic heterocycles. The topological polar surface area (TPSA) is 75.7 Å². The summed E-state index contributed by atoms with van der Waals surface area (Å²) in [5.74, 6) is -1.41. The van der Waals surface area contributed by atoms with Crippen molar-refractivity contribution in [2.75, 3.05) is 11.9 Å². The monoisotopic (exact) mass is 378 g/mol. The second kappa shape index (κ2) is 8.08. The summed E-state index contributed by atoms with van der Waals surface area (Å²) in [6, 6.07) is 6.99. The average molecular weight is 379 g/mol. The molecule has 140 valence electrons. The number of nitrogens with zero attached hydrogens (tertiary/aromatic N) is 1. The highest BCUT2D eigenvalue weighted by atomic mass is 35.5. The molecule has 1 aromatic carbocycles. The molecule has 1 saturated carbocycles. The number of nitrogens with one attached hydrogen (secondary N) is 1. The predicted octanol–water partition coefficient (Wildman–Crippen LogP) is 3.00. The Bertz CT molecular complexity index is 703. The maximum absolute atomic E-state index is 12.4. The minimum Gasteiger partial charge on any atom is -0.452 e. The molecule has 2 fully saturated rings. The molecule has 1 aromatic rings. The van der Waals surface area contributed by atoms with Crippen molar-refractivity contribution in [3.05, 3.63) is 29.3 Å². The second-order valence-corrected chi connectivity index (χ2v) is 7.40. The van der Waals surface area contributed by atoms with Crippen molar-refractivity contribution in [2.24, 2.45) is 5.92 Å². The van der Waals surface area contributed by atoms with Crippen LogP contribution < -0.4 is 5.32 Å². The van der Waals surface area contributed by atoms with Gasteiger partial charge in [-0.25, -0.2) is 0 Å². The number of rotatable bonds is 5. The summed E-state index contributed by atoms with van der Waals surface area (Å²) in [5, 5.41) is 3.17. The van der Waals surface area contributed by atoms with E-state index in [2.05, 4.69) is 5.32 Å². The summed E-state index contributed by atoms with van der Waals surface area (Å²) in [6.45, 7) is 1.91. The zero-order chi connectivity index (χ0) is 18.7. The van der Waals surface area contributed by atoms with E-state index in [1.807, 2.05) is 4.90 Å². The third-order valence-corrected chi connectivity index (χ3v) is 5.25. The van der Waals surface area contributed by atoms with Crippen LogP contribution in [0.4, 0.5) is 5.69 Å². The molecule has 0 spiro atoms. The van der Waals surface area contributed by atoms with Crippen LogP contribution >= 0.6 is 11.6 Å². The molecule has 0 bridgehead atoms. The SMILES string of the molecule is C[C@@H](OC(=O)[C@H]1CC(=O)N(C2CCCC2)C1)C(=O)Nc1cccc(Cl)c1. The van der Waals surface area contributed by atoms with Crippen molar-refractivity contribution in [3.8, 4) is 0 Å². The minimum absolute atomic E-state index is 0.00915. The number of hydrogen-bond acceptors (Lipinski definition) is 4. The first-order valence-electron chi connectivity index (χ1n) is 9.00. The Balaban J connectivity index is 1.52. The molecule has 6 nitrogen and oxygen atoms in total. The van der Waals surface area contributed by atoms with E-state index < -0.39 is 23.9 Å². The van der Waals surface area contributed by atoms with Gasteiger partial charge in [0.1, 0.15) is 0 Å². The van der Waals surface area contributed by atoms with Gasteiger partial charge < -0.3 is 15.0 Å². The summed E-state index contributed by atoms with van der Waals surface area (Å²) in [5.41, 5.74) is 0.536. The summed E-state index contributed by atoms with van der Waals surface area (Å²) < 4.78 is 5.29. The second-order valence-electron chi connectivity index (χ2n) is 6.96. The first kappa shape index (κ1) is 18.7. The molecule has 2 amide bonds. The van der Waals surface area contributed by atoms with Crippen LogP contribution in [0.3, 0.4) is 0 Å². The van der Waals surface area contributed by atoms with Crippen LogP contribution in [0.25, 0.3) is 0 Å². The summed E-state index contributed by atoms with van der Waals surface area (Å²) in [4.78, 5) is 38.6. The number of halogens is 1. The average Bonchev–Trinajstić information content (AvgIpc) is 3.24. The molecule has 7 heteroatoms. The van der Waals surface area contributed by atoms with Crippen LogP contribution in [-0.4, -0.2) is 41.4 Å². The lowest BCUT2D eigenvalue weighted by molar-refractivity contribution is -0.157. The Morgan fingerprint density at radius 1 is 1.31 bits per heavy atom. The molecule has 0 radical (unpaired) electrons. The molecule has 2 aliphatic rings. The Kier molecular flexibility index (Phi) is 5.81. The van der Waals surface area contributed by atoms with Crippen molar-refractivity contribution >= 4 is 35.1 Å². The van der Waals surface area contributed by atoms with Gasteiger partial charge in [-0.3, -0.25) is 14.4 Å². The van der Waals surface area contributed by atoms with Crippen molar-refractivity contribution < 1.29 is 19.1 Å². The lowest BCUT2D eigenvalue weighted by Crippen LogP contribution is -2.36. The van der Waals surface area contributed by atoms with Gasteiger partial charge in [-0.15, -0.1) is 0 Å². The van der Waals surface area contributed by atoms with E-state index in [-0.39, 0.29) is 18.4 Å². The number of amides is 2. The zero-order valence-electron chi connectivity index (χ0n) is 14.7. The van der Waals surface area contributed by atoms with Gasteiger partial charge in [-0.05, 0) is 38.0 Å². The van der Waals surface area contributed by atoms with E-state index in [0.717, 1.165) is 25.7 Å². The normalized spacial score (nSPS) is 21.7. The highest BCUT2D eigenvalue weighted by Gasteiger charge is 2.40. The van der Waals surface area contributed by atoms with E-state index in [1.165, 1.54) is 6.92 Å². The number of ether oxygens (including phenoxy) is 1. The van der Waals surface area contributed by atoms with Gasteiger partial charge in [0.25, 0.3) is 5.91 Å². The molecule has 1 aliphatic carbocycles. The quantitative estimate of drug-likeness (QED) is 0.799. The van der Waals surface area contributed by atoms with E-state index >= 15 is 0 Å². The molecular formula is C19H23ClN2O4. The summed E-state index contributed by atoms with van der Waals surface area (Å²) in [7, 11) is 0. The Morgan fingerprint density at radius 3 is 2.73 bits per heavy atom. The fourth-order valence-corrected chi connectivity index (χ4v) is 3.78. The molecular weight excluding hydrogens is 356 g/mol. The number of carbonyl (C=O) groups is 3. The third kappa shape index (κ3) is 4.36. The number of anilines is 1. The number of esters is 1. The smallest absolute Gasteiger partial charge is 0.312 e. The summed E-state index contributed by atoms with van der Waals surface area (Å²) in [6.07, 6.45) is 3.49. The summed E-state index contributed by atoms with van der Waals surface area (Å²) >= 11 is 5.89. The Hall–Kier alpha value is -2.08. The zero-order valence-corrected chi connectivity index (χ0v) is 15.5. The van der Waals surface area contributed by atoms with Crippen molar-refractivity contribution in [3.63, 3.8) is 0 Å². The standard InChI is InChI=1S/C19H23ClN2O4/c1-12(18(24)21-15-6-4-5-14(20)10-15)26-19(25)13-9-17(23)22(11-13)16-7-2-3-8-16/h4-6,10,12-13,16H,2-3,7-9,11H2,1H3,(H,21,24)/t12-,13+/m1/s1. The van der Waals surface area contributed by atoms with Gasteiger partial charge in [0.2, 0.25) is 5.91 Å². The van der Waals surface area contributed by atoms with Crippen LogP contribution in [0.2, 0.25) is 5.02 Å². The highest BCUT2D eigenvalue weighted by molar-refractivity contribution is 6.30. The fourth-order valence-electron chi connectivity index (χ4n) is 3.59. The fraction of sp³-hybridized carbons (Fsp3) is 0.526. The van der Waals surface area contributed by atoms with E-state index in [4.69, 9.17) is 16.3 Å². The molecule has 2 atom stereocenters. The maximum atomic E-state index is 12.4. The molecule has 0 unspecified atom stereocenters. The van der Waals surface area contributed by atoms with Crippen LogP contribution in [0.1, 0.15) is 39.0 Å². The first-order valence-corrected chi connectivity index (χ1v) is 9.38. The van der Waals surface area contributed by atoms with E-state index in [9.17, 15) is 14.4 Å². The van der Waals surface area contributed by atoms with Crippen molar-refractivity contribution in [1.82, 2.24) is 4.90 Å². The van der Waals surface area contributed by atoms with Crippen molar-refractivity contribution in [2.45, 2.75) is 51.2 Å². The molecule has 1 N–H and O–H groups in total. The maximum Gasteiger partial charge on any atom is 0.312 e. The molecule has 26 heavy (non-hydrogen) atoms. The van der Waals surface area contributed by atoms with E-state index in [0.29, 0.717) is 17.3 Å². The minimum atomic E-state index is -0.947. The van der Waals surface area contributed by atoms with Gasteiger partial charge in [-0.1, -0.05) is 30.5 Å². The van der Waals surface area contributed by atoms with Crippen LogP contribution in [-0.2, 0) is 19.1 Å². The van der Waals surface area contributed by atoms with Gasteiger partial charge in [-0.2, -0.15) is 0 Å². The third-order valence-electron chi connectivity index (χ3n) is 5.01. The molecule has 3 rings (SSSR count). The lowest BCUT2D eigenvalue weighted by atomic mass is 10.1. The molecule has 0 aromatic heterocycles. The van der Waals surface area contributed by atoms with Crippen molar-refractivity contribution in [1.29, 1.82) is 0 Å². The lowest BCUT2D eigenvalue weighted by Gasteiger charge is -2.24. The van der Waals surface area contributed by atoms with Gasteiger partial charge in [0.05, 0.1) is 5.92 Å². The Morgan fingerprint density at radius 2 is 2.04 bits per heavy atom. The van der Waals surface area contributed by atoms with Crippen LogP contribution in [0, 0.1) is 5.92 Å². The number of benzene rings is 1. The highest BCUT2D eigenvalue weighted by Crippen LogP contribution is 2.30. The first-order chi connectivity index (χ1) is 12.4. The van der Waals surface area contributed by atoms with Gasteiger partial charge in [0, 0.05) is 29.7 Å². The Labute approximate surface area is 157 Å². The van der Waals surface area contributed by atoms with Gasteiger partial charge >= 0.3 is 5.97 Å². The van der Waals surface area contributed by atoms with Crippen LogP contribution in [0.15, 0.2) is 24.3 Å².